The van der Waals surface area contributed by atoms with E-state index in [1.807, 2.05) is 30.5 Å². The number of hydrogen-bond donors (Lipinski definition) is 0. The molecule has 0 unspecified atom stereocenters. The van der Waals surface area contributed by atoms with Gasteiger partial charge in [-0.15, -0.1) is 0 Å². The van der Waals surface area contributed by atoms with E-state index < -0.39 is 0 Å². The molecule has 0 radical (unpaired) electrons. The number of hydrogen-bond acceptors (Lipinski definition) is 3. The summed E-state index contributed by atoms with van der Waals surface area (Å²) >= 11 is 0. The molecule has 1 saturated heterocycles. The lowest BCUT2D eigenvalue weighted by molar-refractivity contribution is 0.113. The Bertz CT molecular complexity index is 1310. The zero-order chi connectivity index (χ0) is 20.8. The van der Waals surface area contributed by atoms with Crippen LogP contribution in [0.5, 0.6) is 0 Å². The van der Waals surface area contributed by atoms with E-state index in [1.54, 1.807) is 0 Å². The number of nitrogens with zero attached hydrogens (tertiary/aromatic N) is 3. The second kappa shape index (κ2) is 7.47. The van der Waals surface area contributed by atoms with Gasteiger partial charge in [0.05, 0.1) is 5.69 Å². The first-order chi connectivity index (χ1) is 15.2. The highest BCUT2D eigenvalue weighted by atomic mass is 16.1. The third-order valence-corrected chi connectivity index (χ3v) is 6.85. The summed E-state index contributed by atoms with van der Waals surface area (Å²) in [7, 11) is 0. The van der Waals surface area contributed by atoms with Gasteiger partial charge >= 0.3 is 0 Å². The molecule has 0 saturated carbocycles. The third-order valence-electron chi connectivity index (χ3n) is 6.85. The molecule has 4 nitrogen and oxygen atoms in total. The number of aromatic nitrogens is 2. The molecule has 2 aromatic heterocycles. The summed E-state index contributed by atoms with van der Waals surface area (Å²) in [5, 5.41) is 2.37. The van der Waals surface area contributed by atoms with Gasteiger partial charge in [-0.25, -0.2) is 0 Å². The van der Waals surface area contributed by atoms with Crippen LogP contribution in [0.15, 0.2) is 83.8 Å². The molecule has 4 heterocycles. The molecular weight excluding hydrogens is 382 g/mol. The van der Waals surface area contributed by atoms with Crippen LogP contribution in [0.25, 0.3) is 21.9 Å². The fraction of sp³-hybridized carbons (Fsp3) is 0.259. The van der Waals surface area contributed by atoms with Gasteiger partial charge in [0, 0.05) is 49.6 Å². The van der Waals surface area contributed by atoms with Crippen molar-refractivity contribution in [3.63, 3.8) is 0 Å². The zero-order valence-corrected chi connectivity index (χ0v) is 17.4. The van der Waals surface area contributed by atoms with Gasteiger partial charge in [0.2, 0.25) is 0 Å². The summed E-state index contributed by atoms with van der Waals surface area (Å²) in [6.45, 7) is 3.71. The molecule has 0 spiro atoms. The van der Waals surface area contributed by atoms with Gasteiger partial charge in [-0.2, -0.15) is 0 Å². The smallest absolute Gasteiger partial charge is 0.258 e. The van der Waals surface area contributed by atoms with Crippen molar-refractivity contribution in [2.75, 3.05) is 13.1 Å². The molecule has 1 fully saturated rings. The number of benzene rings is 2. The fourth-order valence-electron chi connectivity index (χ4n) is 5.47. The number of fused-ring (bicyclic) bond motifs is 5. The highest BCUT2D eigenvalue weighted by molar-refractivity contribution is 5.87. The van der Waals surface area contributed by atoms with Crippen LogP contribution in [0.2, 0.25) is 0 Å². The zero-order valence-electron chi connectivity index (χ0n) is 17.4. The van der Waals surface area contributed by atoms with Gasteiger partial charge in [-0.05, 0) is 59.0 Å². The van der Waals surface area contributed by atoms with Crippen LogP contribution < -0.4 is 5.56 Å². The molecule has 2 aliphatic rings. The van der Waals surface area contributed by atoms with E-state index in [0.717, 1.165) is 43.0 Å². The molecule has 4 heteroatoms. The molecule has 2 aliphatic heterocycles. The highest BCUT2D eigenvalue weighted by Gasteiger charge is 2.35. The Hall–Kier alpha value is -3.24. The molecule has 2 atom stereocenters. The summed E-state index contributed by atoms with van der Waals surface area (Å²) in [6.07, 6.45) is 3.04. The van der Waals surface area contributed by atoms with Crippen molar-refractivity contribution in [1.29, 1.82) is 0 Å². The molecule has 2 bridgehead atoms. The number of likely N-dealkylation sites (tertiary alicyclic amines) is 1. The monoisotopic (exact) mass is 407 g/mol. The van der Waals surface area contributed by atoms with E-state index in [1.165, 1.54) is 22.9 Å². The normalized spacial score (nSPS) is 20.5. The maximum atomic E-state index is 13.5. The molecule has 2 aromatic carbocycles. The van der Waals surface area contributed by atoms with Gasteiger partial charge in [0.15, 0.2) is 0 Å². The Morgan fingerprint density at radius 1 is 0.871 bits per heavy atom. The lowest BCUT2D eigenvalue weighted by Crippen LogP contribution is -2.47. The molecule has 154 valence electrons. The SMILES string of the molecule is O=c1c(-c2ccc3ccccc3c2)ccc2n1C[C@H]1C[C@@H]2CN(Cc2ccccn2)C1. The standard InChI is InChI=1S/C27H25N3O/c31-27-25(22-9-8-20-5-1-2-6-21(20)14-22)10-11-26-23-13-19(16-30(26)27)15-29(17-23)18-24-7-3-4-12-28-24/h1-12,14,19,23H,13,15-18H2/t19-,23+/m0/s1. The predicted octanol–water partition coefficient (Wildman–Crippen LogP) is 4.68. The Labute approximate surface area is 181 Å². The second-order valence-corrected chi connectivity index (χ2v) is 8.96. The number of piperidine rings is 1. The molecule has 0 N–H and O–H groups in total. The van der Waals surface area contributed by atoms with E-state index in [0.29, 0.717) is 11.8 Å². The predicted molar refractivity (Wildman–Crippen MR) is 124 cm³/mol. The molecular formula is C27H25N3O. The maximum absolute atomic E-state index is 13.5. The summed E-state index contributed by atoms with van der Waals surface area (Å²) < 4.78 is 2.06. The van der Waals surface area contributed by atoms with Gasteiger partial charge in [-0.1, -0.05) is 42.5 Å². The topological polar surface area (TPSA) is 38.1 Å². The van der Waals surface area contributed by atoms with Crippen LogP contribution in [0.1, 0.15) is 23.7 Å². The minimum absolute atomic E-state index is 0.153. The third kappa shape index (κ3) is 3.37. The minimum atomic E-state index is 0.153. The Morgan fingerprint density at radius 3 is 2.61 bits per heavy atom. The van der Waals surface area contributed by atoms with E-state index >= 15 is 0 Å². The number of rotatable bonds is 3. The summed E-state index contributed by atoms with van der Waals surface area (Å²) in [6, 6.07) is 25.0. The Kier molecular flexibility index (Phi) is 4.46. The minimum Gasteiger partial charge on any atom is -0.311 e. The van der Waals surface area contributed by atoms with Gasteiger partial charge in [0.1, 0.15) is 0 Å². The lowest BCUT2D eigenvalue weighted by Gasteiger charge is -2.42. The maximum Gasteiger partial charge on any atom is 0.258 e. The largest absolute Gasteiger partial charge is 0.311 e. The van der Waals surface area contributed by atoms with Crippen LogP contribution in [0.3, 0.4) is 0 Å². The van der Waals surface area contributed by atoms with Crippen molar-refractivity contribution in [3.05, 3.63) is 101 Å². The first-order valence-corrected chi connectivity index (χ1v) is 11.1. The van der Waals surface area contributed by atoms with Crippen LogP contribution in [0, 0.1) is 5.92 Å². The summed E-state index contributed by atoms with van der Waals surface area (Å²) in [5.74, 6) is 0.925. The first-order valence-electron chi connectivity index (χ1n) is 11.1. The van der Waals surface area contributed by atoms with E-state index in [9.17, 15) is 4.79 Å². The number of pyridine rings is 2. The van der Waals surface area contributed by atoms with Crippen LogP contribution in [0.4, 0.5) is 0 Å². The van der Waals surface area contributed by atoms with Crippen molar-refractivity contribution in [2.45, 2.75) is 25.4 Å². The highest BCUT2D eigenvalue weighted by Crippen LogP contribution is 2.36. The van der Waals surface area contributed by atoms with Crippen molar-refractivity contribution < 1.29 is 0 Å². The van der Waals surface area contributed by atoms with E-state index in [-0.39, 0.29) is 5.56 Å². The van der Waals surface area contributed by atoms with Crippen LogP contribution >= 0.6 is 0 Å². The first kappa shape index (κ1) is 18.5. The van der Waals surface area contributed by atoms with Crippen molar-refractivity contribution >= 4 is 10.8 Å². The van der Waals surface area contributed by atoms with Crippen molar-refractivity contribution in [3.8, 4) is 11.1 Å². The quantitative estimate of drug-likeness (QED) is 0.495. The van der Waals surface area contributed by atoms with Gasteiger partial charge in [-0.3, -0.25) is 14.7 Å². The average Bonchev–Trinajstić information content (AvgIpc) is 2.80. The van der Waals surface area contributed by atoms with E-state index in [2.05, 4.69) is 63.0 Å². The van der Waals surface area contributed by atoms with Gasteiger partial charge in [0.25, 0.3) is 5.56 Å². The van der Waals surface area contributed by atoms with Crippen LogP contribution in [-0.4, -0.2) is 27.5 Å². The Morgan fingerprint density at radius 2 is 1.74 bits per heavy atom. The molecule has 0 amide bonds. The molecule has 4 aromatic rings. The molecule has 6 rings (SSSR count). The van der Waals surface area contributed by atoms with E-state index in [4.69, 9.17) is 0 Å². The summed E-state index contributed by atoms with van der Waals surface area (Å²) in [5.41, 5.74) is 4.27. The second-order valence-electron chi connectivity index (χ2n) is 8.96. The Balaban J connectivity index is 1.32. The van der Waals surface area contributed by atoms with Gasteiger partial charge < -0.3 is 4.57 Å². The lowest BCUT2D eigenvalue weighted by atomic mass is 9.82. The van der Waals surface area contributed by atoms with Crippen molar-refractivity contribution in [2.24, 2.45) is 5.92 Å². The summed E-state index contributed by atoms with van der Waals surface area (Å²) in [4.78, 5) is 20.5. The molecule has 31 heavy (non-hydrogen) atoms. The average molecular weight is 408 g/mol. The van der Waals surface area contributed by atoms with Crippen molar-refractivity contribution in [1.82, 2.24) is 14.5 Å². The fourth-order valence-corrected chi connectivity index (χ4v) is 5.47. The van der Waals surface area contributed by atoms with Crippen LogP contribution in [-0.2, 0) is 13.1 Å². The molecule has 0 aliphatic carbocycles.